The van der Waals surface area contributed by atoms with Crippen molar-refractivity contribution in [3.63, 3.8) is 0 Å². The lowest BCUT2D eigenvalue weighted by Gasteiger charge is -2.15. The van der Waals surface area contributed by atoms with Crippen molar-refractivity contribution in [2.45, 2.75) is 26.8 Å². The van der Waals surface area contributed by atoms with Crippen LogP contribution in [0.1, 0.15) is 23.4 Å². The van der Waals surface area contributed by atoms with Gasteiger partial charge in [-0.2, -0.15) is 0 Å². The lowest BCUT2D eigenvalue weighted by atomic mass is 10.1. The standard InChI is InChI=1S/C11H19N3O/c1-8-11(9(2)15-13-8)7-14-4-3-10(5-12)6-14/h10H,3-7,12H2,1-2H3. The number of nitrogens with two attached hydrogens (primary N) is 1. The highest BCUT2D eigenvalue weighted by Crippen LogP contribution is 2.20. The van der Waals surface area contributed by atoms with Crippen LogP contribution in [0.15, 0.2) is 4.52 Å². The number of aromatic nitrogens is 1. The van der Waals surface area contributed by atoms with Gasteiger partial charge in [0.1, 0.15) is 5.76 Å². The van der Waals surface area contributed by atoms with Gasteiger partial charge in [-0.1, -0.05) is 5.16 Å². The van der Waals surface area contributed by atoms with E-state index in [2.05, 4.69) is 10.1 Å². The molecule has 15 heavy (non-hydrogen) atoms. The maximum Gasteiger partial charge on any atom is 0.138 e. The van der Waals surface area contributed by atoms with Crippen molar-refractivity contribution in [2.24, 2.45) is 11.7 Å². The Bertz CT molecular complexity index is 315. The monoisotopic (exact) mass is 209 g/mol. The van der Waals surface area contributed by atoms with Crippen molar-refractivity contribution in [3.8, 4) is 0 Å². The van der Waals surface area contributed by atoms with Crippen molar-refractivity contribution < 1.29 is 4.52 Å². The van der Waals surface area contributed by atoms with Gasteiger partial charge in [-0.25, -0.2) is 0 Å². The molecule has 0 radical (unpaired) electrons. The van der Waals surface area contributed by atoms with Crippen molar-refractivity contribution in [1.29, 1.82) is 0 Å². The Morgan fingerprint density at radius 1 is 1.53 bits per heavy atom. The van der Waals surface area contributed by atoms with Crippen LogP contribution in [0.25, 0.3) is 0 Å². The Morgan fingerprint density at radius 2 is 2.33 bits per heavy atom. The summed E-state index contributed by atoms with van der Waals surface area (Å²) in [4.78, 5) is 2.43. The first-order chi connectivity index (χ1) is 7.20. The number of aryl methyl sites for hydroxylation is 2. The summed E-state index contributed by atoms with van der Waals surface area (Å²) in [5.74, 6) is 1.62. The lowest BCUT2D eigenvalue weighted by molar-refractivity contribution is 0.314. The molecule has 1 unspecified atom stereocenters. The maximum atomic E-state index is 5.67. The molecule has 84 valence electrons. The quantitative estimate of drug-likeness (QED) is 0.809. The van der Waals surface area contributed by atoms with Crippen LogP contribution in [0.2, 0.25) is 0 Å². The van der Waals surface area contributed by atoms with Crippen molar-refractivity contribution in [2.75, 3.05) is 19.6 Å². The number of hydrogen-bond acceptors (Lipinski definition) is 4. The van der Waals surface area contributed by atoms with E-state index >= 15 is 0 Å². The fourth-order valence-corrected chi connectivity index (χ4v) is 2.20. The van der Waals surface area contributed by atoms with E-state index in [1.54, 1.807) is 0 Å². The summed E-state index contributed by atoms with van der Waals surface area (Å²) in [6.45, 7) is 8.00. The fraction of sp³-hybridized carbons (Fsp3) is 0.727. The molecule has 2 rings (SSSR count). The van der Waals surface area contributed by atoms with Crippen LogP contribution >= 0.6 is 0 Å². The zero-order valence-corrected chi connectivity index (χ0v) is 9.49. The van der Waals surface area contributed by atoms with E-state index in [9.17, 15) is 0 Å². The molecule has 4 heteroatoms. The number of hydrogen-bond donors (Lipinski definition) is 1. The van der Waals surface area contributed by atoms with Crippen LogP contribution in [0.4, 0.5) is 0 Å². The lowest BCUT2D eigenvalue weighted by Crippen LogP contribution is -2.23. The Labute approximate surface area is 90.4 Å². The van der Waals surface area contributed by atoms with Gasteiger partial charge < -0.3 is 10.3 Å². The van der Waals surface area contributed by atoms with E-state index < -0.39 is 0 Å². The van der Waals surface area contributed by atoms with Gasteiger partial charge in [-0.3, -0.25) is 4.90 Å². The molecule has 0 amide bonds. The average molecular weight is 209 g/mol. The molecular formula is C11H19N3O. The second-order valence-corrected chi connectivity index (χ2v) is 4.43. The first-order valence-electron chi connectivity index (χ1n) is 5.55. The average Bonchev–Trinajstić information content (AvgIpc) is 2.80. The third-order valence-electron chi connectivity index (χ3n) is 3.27. The van der Waals surface area contributed by atoms with Crippen LogP contribution in [0.3, 0.4) is 0 Å². The zero-order chi connectivity index (χ0) is 10.8. The van der Waals surface area contributed by atoms with Crippen LogP contribution in [-0.2, 0) is 6.54 Å². The van der Waals surface area contributed by atoms with Gasteiger partial charge >= 0.3 is 0 Å². The van der Waals surface area contributed by atoms with Crippen molar-refractivity contribution in [3.05, 3.63) is 17.0 Å². The van der Waals surface area contributed by atoms with E-state index in [0.29, 0.717) is 5.92 Å². The highest BCUT2D eigenvalue weighted by molar-refractivity contribution is 5.20. The molecule has 0 aliphatic carbocycles. The minimum Gasteiger partial charge on any atom is -0.361 e. The second kappa shape index (κ2) is 4.33. The molecule has 1 atom stereocenters. The number of rotatable bonds is 3. The van der Waals surface area contributed by atoms with Gasteiger partial charge in [0, 0.05) is 18.7 Å². The normalized spacial score (nSPS) is 22.5. The van der Waals surface area contributed by atoms with E-state index in [1.807, 2.05) is 13.8 Å². The van der Waals surface area contributed by atoms with Gasteiger partial charge in [0.15, 0.2) is 0 Å². The molecule has 2 heterocycles. The molecule has 0 saturated carbocycles. The number of nitrogens with zero attached hydrogens (tertiary/aromatic N) is 2. The molecule has 1 saturated heterocycles. The highest BCUT2D eigenvalue weighted by Gasteiger charge is 2.23. The SMILES string of the molecule is Cc1noc(C)c1CN1CCC(CN)C1. The van der Waals surface area contributed by atoms with Crippen LogP contribution < -0.4 is 5.73 Å². The predicted octanol–water partition coefficient (Wildman–Crippen LogP) is 1.07. The summed E-state index contributed by atoms with van der Waals surface area (Å²) in [5, 5.41) is 3.97. The second-order valence-electron chi connectivity index (χ2n) is 4.43. The first kappa shape index (κ1) is 10.6. The molecule has 4 nitrogen and oxygen atoms in total. The molecule has 1 aromatic heterocycles. The minimum absolute atomic E-state index is 0.672. The molecular weight excluding hydrogens is 190 g/mol. The van der Waals surface area contributed by atoms with Crippen LogP contribution in [-0.4, -0.2) is 29.7 Å². The predicted molar refractivity (Wildman–Crippen MR) is 58.4 cm³/mol. The molecule has 1 fully saturated rings. The molecule has 1 aliphatic rings. The van der Waals surface area contributed by atoms with E-state index in [4.69, 9.17) is 10.3 Å². The molecule has 0 spiro atoms. The molecule has 1 aromatic rings. The zero-order valence-electron chi connectivity index (χ0n) is 9.49. The molecule has 1 aliphatic heterocycles. The third kappa shape index (κ3) is 2.21. The fourth-order valence-electron chi connectivity index (χ4n) is 2.20. The summed E-state index contributed by atoms with van der Waals surface area (Å²) in [6.07, 6.45) is 1.22. The highest BCUT2D eigenvalue weighted by atomic mass is 16.5. The van der Waals surface area contributed by atoms with E-state index in [0.717, 1.165) is 37.6 Å². The summed E-state index contributed by atoms with van der Waals surface area (Å²) in [5.41, 5.74) is 7.93. The van der Waals surface area contributed by atoms with Gasteiger partial charge in [0.05, 0.1) is 5.69 Å². The van der Waals surface area contributed by atoms with Gasteiger partial charge in [-0.05, 0) is 39.3 Å². The van der Waals surface area contributed by atoms with E-state index in [1.165, 1.54) is 12.0 Å². The molecule has 0 aromatic carbocycles. The largest absolute Gasteiger partial charge is 0.361 e. The topological polar surface area (TPSA) is 55.3 Å². The van der Waals surface area contributed by atoms with Crippen LogP contribution in [0.5, 0.6) is 0 Å². The van der Waals surface area contributed by atoms with Crippen LogP contribution in [0, 0.1) is 19.8 Å². The molecule has 0 bridgehead atoms. The van der Waals surface area contributed by atoms with Gasteiger partial charge in [0.25, 0.3) is 0 Å². The Balaban J connectivity index is 1.98. The number of likely N-dealkylation sites (tertiary alicyclic amines) is 1. The maximum absolute atomic E-state index is 5.67. The summed E-state index contributed by atoms with van der Waals surface area (Å²) in [6, 6.07) is 0. The van der Waals surface area contributed by atoms with Gasteiger partial charge in [-0.15, -0.1) is 0 Å². The third-order valence-corrected chi connectivity index (χ3v) is 3.27. The van der Waals surface area contributed by atoms with Gasteiger partial charge in [0.2, 0.25) is 0 Å². The molecule has 2 N–H and O–H groups in total. The summed E-state index contributed by atoms with van der Waals surface area (Å²) >= 11 is 0. The Kier molecular flexibility index (Phi) is 3.07. The summed E-state index contributed by atoms with van der Waals surface area (Å²) in [7, 11) is 0. The first-order valence-corrected chi connectivity index (χ1v) is 5.55. The van der Waals surface area contributed by atoms with Crippen molar-refractivity contribution in [1.82, 2.24) is 10.1 Å². The summed E-state index contributed by atoms with van der Waals surface area (Å²) < 4.78 is 5.16. The smallest absolute Gasteiger partial charge is 0.138 e. The minimum atomic E-state index is 0.672. The van der Waals surface area contributed by atoms with E-state index in [-0.39, 0.29) is 0 Å². The Morgan fingerprint density at radius 3 is 2.87 bits per heavy atom. The Hall–Kier alpha value is -0.870. The van der Waals surface area contributed by atoms with Crippen molar-refractivity contribution >= 4 is 0 Å².